The zero-order valence-corrected chi connectivity index (χ0v) is 17.2. The number of carbonyl (C=O) groups excluding carboxylic acids is 1. The summed E-state index contributed by atoms with van der Waals surface area (Å²) >= 11 is 1.31. The van der Waals surface area contributed by atoms with E-state index in [0.29, 0.717) is 29.7 Å². The first-order valence-corrected chi connectivity index (χ1v) is 10.0. The third-order valence-corrected chi connectivity index (χ3v) is 5.49. The Labute approximate surface area is 176 Å². The Morgan fingerprint density at radius 1 is 1.23 bits per heavy atom. The monoisotopic (exact) mass is 426 g/mol. The molecule has 7 nitrogen and oxygen atoms in total. The molecule has 0 atom stereocenters. The van der Waals surface area contributed by atoms with Crippen LogP contribution in [0, 0.1) is 12.7 Å². The molecule has 30 heavy (non-hydrogen) atoms. The van der Waals surface area contributed by atoms with Crippen molar-refractivity contribution in [2.24, 2.45) is 0 Å². The van der Waals surface area contributed by atoms with Crippen molar-refractivity contribution in [1.29, 1.82) is 0 Å². The van der Waals surface area contributed by atoms with Crippen molar-refractivity contribution in [3.05, 3.63) is 65.0 Å². The number of anilines is 1. The van der Waals surface area contributed by atoms with Gasteiger partial charge in [-0.25, -0.2) is 14.1 Å². The summed E-state index contributed by atoms with van der Waals surface area (Å²) in [6.45, 7) is 2.62. The molecule has 154 valence electrons. The van der Waals surface area contributed by atoms with Crippen LogP contribution in [-0.4, -0.2) is 41.0 Å². The molecular formula is C21H19FN4O3S. The number of nitrogens with zero attached hydrogens (tertiary/aromatic N) is 3. The first kappa shape index (κ1) is 20.0. The molecule has 0 bridgehead atoms. The number of aryl methyl sites for hydroxylation is 1. The molecule has 0 aliphatic heterocycles. The molecule has 0 aliphatic carbocycles. The van der Waals surface area contributed by atoms with Crippen molar-refractivity contribution in [2.75, 3.05) is 25.6 Å². The van der Waals surface area contributed by atoms with Gasteiger partial charge in [-0.2, -0.15) is 5.10 Å². The molecule has 4 aromatic rings. The number of fused-ring (bicyclic) bond motifs is 1. The van der Waals surface area contributed by atoms with Crippen LogP contribution >= 0.6 is 11.3 Å². The number of thiophene rings is 1. The van der Waals surface area contributed by atoms with Crippen LogP contribution in [0.2, 0.25) is 0 Å². The Hall–Kier alpha value is -3.30. The normalized spacial score (nSPS) is 11.0. The maximum atomic E-state index is 13.3. The van der Waals surface area contributed by atoms with Crippen LogP contribution < -0.4 is 10.1 Å². The number of pyridine rings is 1. The second-order valence-corrected chi connectivity index (χ2v) is 7.49. The average Bonchev–Trinajstić information content (AvgIpc) is 3.31. The molecule has 0 unspecified atom stereocenters. The molecule has 9 heteroatoms. The average molecular weight is 426 g/mol. The third-order valence-electron chi connectivity index (χ3n) is 4.39. The van der Waals surface area contributed by atoms with Gasteiger partial charge < -0.3 is 14.8 Å². The van der Waals surface area contributed by atoms with Gasteiger partial charge in [-0.05, 0) is 49.4 Å². The fourth-order valence-corrected chi connectivity index (χ4v) is 4.00. The SMILES string of the molecule is COCCOc1ncccc1NC(=O)c1cc2c(C)nn(-c3ccc(F)cc3)c2s1. The Morgan fingerprint density at radius 3 is 2.80 bits per heavy atom. The second kappa shape index (κ2) is 8.60. The minimum Gasteiger partial charge on any atom is -0.474 e. The highest BCUT2D eigenvalue weighted by Gasteiger charge is 2.18. The number of halogens is 1. The molecule has 0 radical (unpaired) electrons. The van der Waals surface area contributed by atoms with Crippen molar-refractivity contribution >= 4 is 33.1 Å². The van der Waals surface area contributed by atoms with E-state index < -0.39 is 0 Å². The third kappa shape index (κ3) is 4.03. The summed E-state index contributed by atoms with van der Waals surface area (Å²) in [5.41, 5.74) is 1.99. The van der Waals surface area contributed by atoms with Crippen LogP contribution in [0.3, 0.4) is 0 Å². The van der Waals surface area contributed by atoms with Gasteiger partial charge in [-0.3, -0.25) is 4.79 Å². The highest BCUT2D eigenvalue weighted by Crippen LogP contribution is 2.31. The van der Waals surface area contributed by atoms with Gasteiger partial charge in [0, 0.05) is 18.7 Å². The van der Waals surface area contributed by atoms with Crippen molar-refractivity contribution in [3.8, 4) is 11.6 Å². The van der Waals surface area contributed by atoms with Gasteiger partial charge in [0.1, 0.15) is 22.9 Å². The van der Waals surface area contributed by atoms with E-state index in [1.165, 1.54) is 23.5 Å². The fraction of sp³-hybridized carbons (Fsp3) is 0.190. The maximum Gasteiger partial charge on any atom is 0.265 e. The summed E-state index contributed by atoms with van der Waals surface area (Å²) in [4.78, 5) is 18.4. The van der Waals surface area contributed by atoms with E-state index in [1.807, 2.05) is 6.92 Å². The van der Waals surface area contributed by atoms with E-state index in [-0.39, 0.29) is 11.7 Å². The van der Waals surface area contributed by atoms with Crippen molar-refractivity contribution in [2.45, 2.75) is 6.92 Å². The van der Waals surface area contributed by atoms with E-state index in [1.54, 1.807) is 48.3 Å². The predicted octanol–water partition coefficient (Wildman–Crippen LogP) is 4.21. The number of methoxy groups -OCH3 is 1. The quantitative estimate of drug-likeness (QED) is 0.448. The molecule has 3 aromatic heterocycles. The fourth-order valence-electron chi connectivity index (χ4n) is 2.92. The van der Waals surface area contributed by atoms with Crippen molar-refractivity contribution < 1.29 is 18.7 Å². The number of aromatic nitrogens is 3. The number of hydrogen-bond donors (Lipinski definition) is 1. The Kier molecular flexibility index (Phi) is 5.73. The first-order chi connectivity index (χ1) is 14.6. The number of carbonyl (C=O) groups is 1. The number of benzene rings is 1. The number of hydrogen-bond acceptors (Lipinski definition) is 6. The van der Waals surface area contributed by atoms with E-state index in [0.717, 1.165) is 21.6 Å². The summed E-state index contributed by atoms with van der Waals surface area (Å²) in [6, 6.07) is 11.3. The number of amides is 1. The molecule has 0 saturated heterocycles. The van der Waals surface area contributed by atoms with Crippen molar-refractivity contribution in [1.82, 2.24) is 14.8 Å². The lowest BCUT2D eigenvalue weighted by molar-refractivity contribution is 0.102. The van der Waals surface area contributed by atoms with Gasteiger partial charge in [0.15, 0.2) is 0 Å². The molecule has 0 aliphatic rings. The van der Waals surface area contributed by atoms with Crippen LogP contribution in [-0.2, 0) is 4.74 Å². The molecule has 0 saturated carbocycles. The van der Waals surface area contributed by atoms with Gasteiger partial charge in [0.25, 0.3) is 5.91 Å². The second-order valence-electron chi connectivity index (χ2n) is 6.45. The van der Waals surface area contributed by atoms with Gasteiger partial charge in [-0.1, -0.05) is 0 Å². The maximum absolute atomic E-state index is 13.3. The van der Waals surface area contributed by atoms with Crippen molar-refractivity contribution in [3.63, 3.8) is 0 Å². The van der Waals surface area contributed by atoms with E-state index in [2.05, 4.69) is 15.4 Å². The van der Waals surface area contributed by atoms with Crippen LogP contribution in [0.15, 0.2) is 48.7 Å². The van der Waals surface area contributed by atoms with Gasteiger partial charge in [0.2, 0.25) is 5.88 Å². The molecule has 1 N–H and O–H groups in total. The van der Waals surface area contributed by atoms with Crippen LogP contribution in [0.5, 0.6) is 5.88 Å². The standard InChI is InChI=1S/C21H19FN4O3S/c1-13-16-12-18(30-21(16)26(25-13)15-7-5-14(22)6-8-15)19(27)24-17-4-3-9-23-20(17)29-11-10-28-2/h3-9,12H,10-11H2,1-2H3,(H,24,27). The van der Waals surface area contributed by atoms with Gasteiger partial charge in [-0.15, -0.1) is 11.3 Å². The molecule has 1 aromatic carbocycles. The molecule has 3 heterocycles. The van der Waals surface area contributed by atoms with E-state index in [9.17, 15) is 9.18 Å². The summed E-state index contributed by atoms with van der Waals surface area (Å²) in [5, 5.41) is 8.25. The zero-order chi connectivity index (χ0) is 21.1. The lowest BCUT2D eigenvalue weighted by Crippen LogP contribution is -2.13. The highest BCUT2D eigenvalue weighted by atomic mass is 32.1. The number of rotatable bonds is 7. The topological polar surface area (TPSA) is 78.3 Å². The summed E-state index contributed by atoms with van der Waals surface area (Å²) < 4.78 is 25.5. The van der Waals surface area contributed by atoms with E-state index in [4.69, 9.17) is 9.47 Å². The molecular weight excluding hydrogens is 407 g/mol. The smallest absolute Gasteiger partial charge is 0.265 e. The van der Waals surface area contributed by atoms with Crippen LogP contribution in [0.4, 0.5) is 10.1 Å². The minimum absolute atomic E-state index is 0.272. The minimum atomic E-state index is -0.315. The Balaban J connectivity index is 1.61. The molecule has 4 rings (SSSR count). The summed E-state index contributed by atoms with van der Waals surface area (Å²) in [6.07, 6.45) is 1.60. The van der Waals surface area contributed by atoms with E-state index >= 15 is 0 Å². The summed E-state index contributed by atoms with van der Waals surface area (Å²) in [7, 11) is 1.58. The first-order valence-electron chi connectivity index (χ1n) is 9.20. The Bertz CT molecular complexity index is 1190. The zero-order valence-electron chi connectivity index (χ0n) is 16.4. The van der Waals surface area contributed by atoms with Gasteiger partial charge >= 0.3 is 0 Å². The highest BCUT2D eigenvalue weighted by molar-refractivity contribution is 7.20. The van der Waals surface area contributed by atoms with Gasteiger partial charge in [0.05, 0.1) is 22.9 Å². The molecule has 0 fully saturated rings. The lowest BCUT2D eigenvalue weighted by atomic mass is 10.3. The lowest BCUT2D eigenvalue weighted by Gasteiger charge is -2.10. The molecule has 0 spiro atoms. The summed E-state index contributed by atoms with van der Waals surface area (Å²) in [5.74, 6) is -0.256. The number of nitrogens with one attached hydrogen (secondary N) is 1. The van der Waals surface area contributed by atoms with Crippen LogP contribution in [0.1, 0.15) is 15.4 Å². The van der Waals surface area contributed by atoms with Crippen LogP contribution in [0.25, 0.3) is 15.9 Å². The Morgan fingerprint density at radius 2 is 2.03 bits per heavy atom. The largest absolute Gasteiger partial charge is 0.474 e. The number of ether oxygens (including phenoxy) is 2. The predicted molar refractivity (Wildman–Crippen MR) is 113 cm³/mol. The molecule has 1 amide bonds.